The van der Waals surface area contributed by atoms with Gasteiger partial charge in [0, 0.05) is 16.5 Å². The summed E-state index contributed by atoms with van der Waals surface area (Å²) >= 11 is 6.87. The number of rotatable bonds is 1. The number of H-pyrrole nitrogens is 1. The minimum Gasteiger partial charge on any atom is -0.340 e. The van der Waals surface area contributed by atoms with Crippen LogP contribution in [0.3, 0.4) is 0 Å². The summed E-state index contributed by atoms with van der Waals surface area (Å²) in [6.45, 7) is 2.18. The molecule has 2 rings (SSSR count). The molecule has 0 unspecified atom stereocenters. The van der Waals surface area contributed by atoms with Crippen LogP contribution in [0.4, 0.5) is 0 Å². The molecule has 13 heavy (non-hydrogen) atoms. The van der Waals surface area contributed by atoms with Gasteiger partial charge in [0.15, 0.2) is 3.95 Å². The summed E-state index contributed by atoms with van der Waals surface area (Å²) in [4.78, 5) is 4.75. The van der Waals surface area contributed by atoms with Crippen molar-refractivity contribution < 1.29 is 0 Å². The second-order valence-electron chi connectivity index (χ2n) is 3.82. The van der Waals surface area contributed by atoms with Gasteiger partial charge in [0.05, 0.1) is 0 Å². The van der Waals surface area contributed by atoms with Gasteiger partial charge < -0.3 is 4.98 Å². The first-order valence-electron chi connectivity index (χ1n) is 4.97. The Labute approximate surface area is 88.2 Å². The van der Waals surface area contributed by atoms with E-state index in [1.807, 2.05) is 0 Å². The van der Waals surface area contributed by atoms with Gasteiger partial charge in [-0.25, -0.2) is 0 Å². The Morgan fingerprint density at radius 2 is 2.00 bits per heavy atom. The van der Waals surface area contributed by atoms with Gasteiger partial charge in [-0.15, -0.1) is 11.3 Å². The third kappa shape index (κ3) is 2.02. The van der Waals surface area contributed by atoms with Crippen molar-refractivity contribution in [3.8, 4) is 0 Å². The molecular formula is C10H15NS2. The van der Waals surface area contributed by atoms with E-state index in [0.717, 1.165) is 9.87 Å². The van der Waals surface area contributed by atoms with Crippen molar-refractivity contribution in [2.75, 3.05) is 0 Å². The molecule has 0 aromatic carbocycles. The van der Waals surface area contributed by atoms with Crippen molar-refractivity contribution in [2.45, 2.75) is 44.9 Å². The van der Waals surface area contributed by atoms with Crippen molar-refractivity contribution >= 4 is 23.6 Å². The average Bonchev–Trinajstić information content (AvgIpc) is 2.47. The van der Waals surface area contributed by atoms with Crippen molar-refractivity contribution in [3.05, 3.63) is 14.5 Å². The van der Waals surface area contributed by atoms with E-state index in [2.05, 4.69) is 11.9 Å². The Bertz CT molecular complexity index is 331. The Morgan fingerprint density at radius 3 is 2.54 bits per heavy atom. The highest BCUT2D eigenvalue weighted by atomic mass is 32.1. The summed E-state index contributed by atoms with van der Waals surface area (Å²) in [6.07, 6.45) is 6.90. The van der Waals surface area contributed by atoms with Crippen LogP contribution < -0.4 is 0 Å². The molecule has 0 bridgehead atoms. The number of aryl methyl sites for hydroxylation is 1. The maximum Gasteiger partial charge on any atom is 0.158 e. The van der Waals surface area contributed by atoms with Crippen LogP contribution in [0, 0.1) is 10.9 Å². The molecule has 72 valence electrons. The quantitative estimate of drug-likeness (QED) is 0.693. The zero-order chi connectivity index (χ0) is 9.26. The maximum atomic E-state index is 5.15. The van der Waals surface area contributed by atoms with Crippen LogP contribution in [0.25, 0.3) is 0 Å². The van der Waals surface area contributed by atoms with Crippen LogP contribution in [0.5, 0.6) is 0 Å². The lowest BCUT2D eigenvalue weighted by molar-refractivity contribution is 0.436. The van der Waals surface area contributed by atoms with E-state index in [0.29, 0.717) is 0 Å². The molecule has 0 aliphatic heterocycles. The number of hydrogen-bond donors (Lipinski definition) is 1. The molecule has 1 N–H and O–H groups in total. The third-order valence-electron chi connectivity index (χ3n) is 2.88. The summed E-state index contributed by atoms with van der Waals surface area (Å²) < 4.78 is 0.943. The molecule has 0 atom stereocenters. The summed E-state index contributed by atoms with van der Waals surface area (Å²) in [5.74, 6) is 0.765. The fourth-order valence-electron chi connectivity index (χ4n) is 2.20. The lowest BCUT2D eigenvalue weighted by atomic mass is 9.87. The number of hydrogen-bond acceptors (Lipinski definition) is 2. The molecule has 3 heteroatoms. The normalized spacial score (nSPS) is 19.2. The highest BCUT2D eigenvalue weighted by molar-refractivity contribution is 7.73. The van der Waals surface area contributed by atoms with Crippen LogP contribution in [0.1, 0.15) is 48.6 Å². The van der Waals surface area contributed by atoms with Gasteiger partial charge in [0.1, 0.15) is 0 Å². The molecule has 1 aromatic heterocycles. The monoisotopic (exact) mass is 213 g/mol. The topological polar surface area (TPSA) is 15.8 Å². The van der Waals surface area contributed by atoms with Crippen LogP contribution >= 0.6 is 23.6 Å². The molecule has 1 fully saturated rings. The maximum absolute atomic E-state index is 5.15. The van der Waals surface area contributed by atoms with E-state index in [-0.39, 0.29) is 0 Å². The predicted octanol–water partition coefficient (Wildman–Crippen LogP) is 4.16. The molecule has 1 aliphatic rings. The highest BCUT2D eigenvalue weighted by Gasteiger charge is 2.18. The Balaban J connectivity index is 2.23. The first-order valence-corrected chi connectivity index (χ1v) is 6.19. The van der Waals surface area contributed by atoms with E-state index >= 15 is 0 Å². The van der Waals surface area contributed by atoms with Gasteiger partial charge in [-0.05, 0) is 32.0 Å². The first kappa shape index (κ1) is 9.41. The lowest BCUT2D eigenvalue weighted by Crippen LogP contribution is -2.05. The fraction of sp³-hybridized carbons (Fsp3) is 0.700. The molecule has 1 aromatic rings. The van der Waals surface area contributed by atoms with Crippen LogP contribution in [0.2, 0.25) is 0 Å². The Morgan fingerprint density at radius 1 is 1.31 bits per heavy atom. The minimum absolute atomic E-state index is 0.765. The molecule has 1 saturated carbocycles. The molecule has 0 saturated heterocycles. The Kier molecular flexibility index (Phi) is 2.84. The molecule has 1 nitrogen and oxygen atoms in total. The third-order valence-corrected chi connectivity index (χ3v) is 4.04. The van der Waals surface area contributed by atoms with Crippen molar-refractivity contribution in [1.82, 2.24) is 4.98 Å². The summed E-state index contributed by atoms with van der Waals surface area (Å²) in [6, 6.07) is 0. The SMILES string of the molecule is Cc1sc(=S)[nH]c1C1CCCCC1. The molecular weight excluding hydrogens is 198 g/mol. The molecule has 0 spiro atoms. The fourth-order valence-corrected chi connectivity index (χ4v) is 3.45. The largest absolute Gasteiger partial charge is 0.340 e. The van der Waals surface area contributed by atoms with E-state index in [9.17, 15) is 0 Å². The lowest BCUT2D eigenvalue weighted by Gasteiger charge is -2.20. The van der Waals surface area contributed by atoms with Crippen molar-refractivity contribution in [2.24, 2.45) is 0 Å². The first-order chi connectivity index (χ1) is 6.27. The van der Waals surface area contributed by atoms with Gasteiger partial charge >= 0.3 is 0 Å². The molecule has 0 amide bonds. The van der Waals surface area contributed by atoms with Gasteiger partial charge in [0.25, 0.3) is 0 Å². The average molecular weight is 213 g/mol. The number of thiazole rings is 1. The van der Waals surface area contributed by atoms with E-state index in [4.69, 9.17) is 12.2 Å². The smallest absolute Gasteiger partial charge is 0.158 e. The van der Waals surface area contributed by atoms with Gasteiger partial charge in [-0.2, -0.15) is 0 Å². The zero-order valence-corrected chi connectivity index (χ0v) is 9.56. The zero-order valence-electron chi connectivity index (χ0n) is 7.93. The number of aromatic amines is 1. The van der Waals surface area contributed by atoms with Gasteiger partial charge in [-0.3, -0.25) is 0 Å². The molecule has 1 aliphatic carbocycles. The second kappa shape index (κ2) is 3.93. The van der Waals surface area contributed by atoms with Gasteiger partial charge in [0.2, 0.25) is 0 Å². The van der Waals surface area contributed by atoms with E-state index < -0.39 is 0 Å². The predicted molar refractivity (Wildman–Crippen MR) is 60.1 cm³/mol. The highest BCUT2D eigenvalue weighted by Crippen LogP contribution is 2.34. The van der Waals surface area contributed by atoms with Crippen LogP contribution in [-0.4, -0.2) is 4.98 Å². The summed E-state index contributed by atoms with van der Waals surface area (Å²) in [5, 5.41) is 0. The van der Waals surface area contributed by atoms with E-state index in [1.165, 1.54) is 42.7 Å². The standard InChI is InChI=1S/C10H15NS2/c1-7-9(11-10(12)13-7)8-5-3-2-4-6-8/h8H,2-6H2,1H3,(H,11,12). The second-order valence-corrected chi connectivity index (χ2v) is 5.71. The van der Waals surface area contributed by atoms with Gasteiger partial charge in [-0.1, -0.05) is 19.3 Å². The van der Waals surface area contributed by atoms with Crippen molar-refractivity contribution in [1.29, 1.82) is 0 Å². The minimum atomic E-state index is 0.765. The molecule has 1 heterocycles. The summed E-state index contributed by atoms with van der Waals surface area (Å²) in [7, 11) is 0. The molecule has 0 radical (unpaired) electrons. The summed E-state index contributed by atoms with van der Waals surface area (Å²) in [5.41, 5.74) is 1.43. The van der Waals surface area contributed by atoms with Crippen LogP contribution in [0.15, 0.2) is 0 Å². The number of nitrogens with one attached hydrogen (secondary N) is 1. The Hall–Kier alpha value is -0.150. The van der Waals surface area contributed by atoms with E-state index in [1.54, 1.807) is 11.3 Å². The number of aromatic nitrogens is 1. The van der Waals surface area contributed by atoms with Crippen LogP contribution in [-0.2, 0) is 0 Å². The van der Waals surface area contributed by atoms with Crippen molar-refractivity contribution in [3.63, 3.8) is 0 Å².